The van der Waals surface area contributed by atoms with Gasteiger partial charge in [0.25, 0.3) is 0 Å². The summed E-state index contributed by atoms with van der Waals surface area (Å²) in [6, 6.07) is 30.2. The molecular weight excluding hydrogens is 789 g/mol. The van der Waals surface area contributed by atoms with Gasteiger partial charge in [0.1, 0.15) is 5.60 Å². The number of hydrogen-bond donors (Lipinski definition) is 4. The number of carbonyl (C=O) groups is 3. The van der Waals surface area contributed by atoms with E-state index in [-0.39, 0.29) is 34.2 Å². The van der Waals surface area contributed by atoms with Crippen molar-refractivity contribution < 1.29 is 36.0 Å². The van der Waals surface area contributed by atoms with Gasteiger partial charge in [-0.05, 0) is 122 Å². The van der Waals surface area contributed by atoms with Crippen LogP contribution in [0.4, 0.5) is 4.79 Å². The topological polar surface area (TPSA) is 191 Å². The second kappa shape index (κ2) is 20.5. The summed E-state index contributed by atoms with van der Waals surface area (Å²) < 4.78 is 60.1. The highest BCUT2D eigenvalue weighted by Gasteiger charge is 2.26. The number of nitrogens with one attached hydrogen (secondary N) is 3. The molecule has 0 bridgehead atoms. The molecule has 2 atom stereocenters. The van der Waals surface area contributed by atoms with E-state index in [1.165, 1.54) is 24.3 Å². The van der Waals surface area contributed by atoms with Gasteiger partial charge in [-0.25, -0.2) is 31.1 Å². The van der Waals surface area contributed by atoms with E-state index in [4.69, 9.17) is 10.5 Å². The van der Waals surface area contributed by atoms with Gasteiger partial charge in [-0.1, -0.05) is 84.9 Å². The third-order valence-electron chi connectivity index (χ3n) is 8.18. The predicted molar refractivity (Wildman–Crippen MR) is 232 cm³/mol. The van der Waals surface area contributed by atoms with Crippen molar-refractivity contribution in [2.75, 3.05) is 0 Å². The van der Waals surface area contributed by atoms with Crippen LogP contribution in [0.5, 0.6) is 0 Å². The standard InChI is InChI=1S/C25H34N2O5S.C20H26N2O3S/c1-24(2,3)27-33(30,31)20-14-12-19(13-15-20)17-22(28)21(16-18-10-8-7-9-11-18)26-23(29)32-25(4,5)6;1-20(2,3)22-26(24,25)17-11-9-16(10-12-17)14-19(23)18(21)13-15-7-5-4-6-8-15/h7-15,21,27H,16-17H2,1-6H3,(H,26,29);4-12,18,22H,13-14,21H2,1-3H3/t21-;18-/m00/s1. The molecule has 59 heavy (non-hydrogen) atoms. The molecule has 0 aliphatic rings. The molecule has 1 amide bonds. The van der Waals surface area contributed by atoms with Crippen LogP contribution in [0.15, 0.2) is 119 Å². The largest absolute Gasteiger partial charge is 0.444 e. The third-order valence-corrected chi connectivity index (χ3v) is 11.7. The Morgan fingerprint density at radius 1 is 0.542 bits per heavy atom. The maximum atomic E-state index is 13.1. The fourth-order valence-electron chi connectivity index (χ4n) is 5.68. The number of ketones is 2. The van der Waals surface area contributed by atoms with Crippen LogP contribution in [0.1, 0.15) is 84.6 Å². The molecule has 4 rings (SSSR count). The van der Waals surface area contributed by atoms with Crippen molar-refractivity contribution >= 4 is 37.7 Å². The number of sulfonamides is 2. The number of nitrogens with two attached hydrogens (primary N) is 1. The maximum Gasteiger partial charge on any atom is 0.408 e. The zero-order valence-corrected chi connectivity index (χ0v) is 37.2. The van der Waals surface area contributed by atoms with E-state index >= 15 is 0 Å². The lowest BCUT2D eigenvalue weighted by Gasteiger charge is -2.23. The molecule has 0 saturated carbocycles. The van der Waals surface area contributed by atoms with Crippen LogP contribution >= 0.6 is 0 Å². The number of benzene rings is 4. The highest BCUT2D eigenvalue weighted by Crippen LogP contribution is 2.17. The predicted octanol–water partition coefficient (Wildman–Crippen LogP) is 6.46. The van der Waals surface area contributed by atoms with Gasteiger partial charge in [-0.2, -0.15) is 0 Å². The lowest BCUT2D eigenvalue weighted by Crippen LogP contribution is -2.45. The molecule has 14 heteroatoms. The highest BCUT2D eigenvalue weighted by molar-refractivity contribution is 7.89. The van der Waals surface area contributed by atoms with Crippen LogP contribution in [0, 0.1) is 0 Å². The van der Waals surface area contributed by atoms with Crippen LogP contribution in [0.25, 0.3) is 0 Å². The molecule has 4 aromatic carbocycles. The van der Waals surface area contributed by atoms with Gasteiger partial charge in [0.05, 0.1) is 21.9 Å². The molecule has 0 radical (unpaired) electrons. The number of Topliss-reactive ketones (excluding diaryl/α,β-unsaturated/α-hetero) is 2. The summed E-state index contributed by atoms with van der Waals surface area (Å²) in [4.78, 5) is 38.0. The number of amides is 1. The molecule has 0 aliphatic carbocycles. The van der Waals surface area contributed by atoms with Crippen molar-refractivity contribution in [3.05, 3.63) is 131 Å². The zero-order chi connectivity index (χ0) is 44.2. The fourth-order valence-corrected chi connectivity index (χ4v) is 8.52. The molecule has 0 saturated heterocycles. The molecule has 0 unspecified atom stereocenters. The molecule has 5 N–H and O–H groups in total. The number of ether oxygens (including phenoxy) is 1. The van der Waals surface area contributed by atoms with Gasteiger partial charge >= 0.3 is 6.09 Å². The summed E-state index contributed by atoms with van der Waals surface area (Å²) in [7, 11) is -7.24. The van der Waals surface area contributed by atoms with Crippen LogP contribution < -0.4 is 20.5 Å². The quantitative estimate of drug-likeness (QED) is 0.104. The van der Waals surface area contributed by atoms with E-state index in [9.17, 15) is 31.2 Å². The van der Waals surface area contributed by atoms with Gasteiger partial charge < -0.3 is 15.8 Å². The van der Waals surface area contributed by atoms with Crippen molar-refractivity contribution in [2.24, 2.45) is 5.73 Å². The van der Waals surface area contributed by atoms with Gasteiger partial charge in [0.15, 0.2) is 11.6 Å². The summed E-state index contributed by atoms with van der Waals surface area (Å²) in [5, 5.41) is 2.69. The smallest absolute Gasteiger partial charge is 0.408 e. The minimum absolute atomic E-state index is 0.0420. The Labute approximate surface area is 350 Å². The minimum Gasteiger partial charge on any atom is -0.444 e. The molecule has 0 fully saturated rings. The number of alkyl carbamates (subject to hydrolysis) is 1. The van der Waals surface area contributed by atoms with E-state index in [1.54, 1.807) is 86.6 Å². The molecule has 4 aromatic rings. The molecule has 12 nitrogen and oxygen atoms in total. The second-order valence-corrected chi connectivity index (χ2v) is 20.8. The first kappa shape index (κ1) is 48.6. The Bertz CT molecular complexity index is 2210. The summed E-state index contributed by atoms with van der Waals surface area (Å²) in [5.41, 5.74) is 7.48. The first-order valence-corrected chi connectivity index (χ1v) is 22.3. The highest BCUT2D eigenvalue weighted by atomic mass is 32.2. The SMILES string of the molecule is CC(C)(C)NS(=O)(=O)c1ccc(CC(=O)[C@@H](N)Cc2ccccc2)cc1.CC(C)(C)NS(=O)(=O)c1ccc(CC(=O)[C@H](Cc2ccccc2)NC(=O)OC(C)(C)C)cc1. The number of hydrogen-bond acceptors (Lipinski definition) is 9. The second-order valence-electron chi connectivity index (χ2n) is 17.5. The van der Waals surface area contributed by atoms with E-state index < -0.39 is 54.9 Å². The zero-order valence-electron chi connectivity index (χ0n) is 35.5. The monoisotopic (exact) mass is 848 g/mol. The summed E-state index contributed by atoms with van der Waals surface area (Å²) >= 11 is 0. The summed E-state index contributed by atoms with van der Waals surface area (Å²) in [6.45, 7) is 15.9. The van der Waals surface area contributed by atoms with Crippen molar-refractivity contribution in [1.29, 1.82) is 0 Å². The van der Waals surface area contributed by atoms with Crippen molar-refractivity contribution in [3.63, 3.8) is 0 Å². The van der Waals surface area contributed by atoms with Crippen molar-refractivity contribution in [1.82, 2.24) is 14.8 Å². The van der Waals surface area contributed by atoms with Gasteiger partial charge in [-0.3, -0.25) is 9.59 Å². The van der Waals surface area contributed by atoms with E-state index in [0.717, 1.165) is 16.7 Å². The Hall–Kier alpha value is -4.73. The Morgan fingerprint density at radius 2 is 0.915 bits per heavy atom. The normalized spacial score (nSPS) is 13.3. The summed E-state index contributed by atoms with van der Waals surface area (Å²) in [5.74, 6) is -0.273. The number of rotatable bonds is 15. The van der Waals surface area contributed by atoms with E-state index in [0.29, 0.717) is 18.4 Å². The summed E-state index contributed by atoms with van der Waals surface area (Å²) in [6.07, 6.45) is 0.371. The first-order valence-electron chi connectivity index (χ1n) is 19.4. The average molecular weight is 849 g/mol. The molecule has 0 aromatic heterocycles. The lowest BCUT2D eigenvalue weighted by atomic mass is 9.98. The van der Waals surface area contributed by atoms with Gasteiger partial charge in [-0.15, -0.1) is 0 Å². The Balaban J connectivity index is 0.000000324. The fraction of sp³-hybridized carbons (Fsp3) is 0.400. The Kier molecular flexibility index (Phi) is 16.9. The lowest BCUT2D eigenvalue weighted by molar-refractivity contribution is -0.120. The third kappa shape index (κ3) is 18.0. The van der Waals surface area contributed by atoms with Crippen LogP contribution in [0.2, 0.25) is 0 Å². The molecule has 0 heterocycles. The first-order chi connectivity index (χ1) is 27.2. The molecular formula is C45H60N4O8S2. The Morgan fingerprint density at radius 3 is 1.29 bits per heavy atom. The molecule has 0 spiro atoms. The van der Waals surface area contributed by atoms with Crippen LogP contribution in [-0.2, 0) is 60.1 Å². The van der Waals surface area contributed by atoms with Crippen LogP contribution in [0.3, 0.4) is 0 Å². The average Bonchev–Trinajstić information content (AvgIpc) is 3.10. The van der Waals surface area contributed by atoms with Crippen molar-refractivity contribution in [2.45, 2.75) is 127 Å². The maximum absolute atomic E-state index is 13.1. The van der Waals surface area contributed by atoms with Crippen molar-refractivity contribution in [3.8, 4) is 0 Å². The van der Waals surface area contributed by atoms with E-state index in [1.807, 2.05) is 60.7 Å². The van der Waals surface area contributed by atoms with Crippen LogP contribution in [-0.4, -0.2) is 63.3 Å². The minimum atomic E-state index is -3.66. The number of carbonyl (C=O) groups excluding carboxylic acids is 3. The molecule has 320 valence electrons. The van der Waals surface area contributed by atoms with Gasteiger partial charge in [0.2, 0.25) is 20.0 Å². The van der Waals surface area contributed by atoms with E-state index in [2.05, 4.69) is 14.8 Å². The van der Waals surface area contributed by atoms with Gasteiger partial charge in [0, 0.05) is 23.9 Å². The molecule has 0 aliphatic heterocycles.